The van der Waals surface area contributed by atoms with Gasteiger partial charge < -0.3 is 19.7 Å². The molecule has 5 amide bonds. The molecule has 2 saturated carbocycles. The van der Waals surface area contributed by atoms with Crippen molar-refractivity contribution < 1.29 is 33.4 Å². The Morgan fingerprint density at radius 3 is 2.22 bits per heavy atom. The number of halogens is 1. The van der Waals surface area contributed by atoms with Crippen molar-refractivity contribution in [1.29, 1.82) is 5.26 Å². The molecule has 0 spiro atoms. The second-order valence-corrected chi connectivity index (χ2v) is 17.7. The molecule has 0 aromatic heterocycles. The van der Waals surface area contributed by atoms with E-state index in [0.29, 0.717) is 46.2 Å². The first-order chi connectivity index (χ1) is 27.6. The zero-order chi connectivity index (χ0) is 41.1. The van der Waals surface area contributed by atoms with Crippen LogP contribution < -0.4 is 25.0 Å². The number of nitriles is 1. The molecule has 3 heterocycles. The number of amides is 5. The van der Waals surface area contributed by atoms with Crippen LogP contribution in [0.25, 0.3) is 0 Å². The van der Waals surface area contributed by atoms with Gasteiger partial charge in [-0.05, 0) is 79.8 Å². The van der Waals surface area contributed by atoms with E-state index in [4.69, 9.17) is 21.1 Å². The van der Waals surface area contributed by atoms with E-state index in [1.807, 2.05) is 24.3 Å². The zero-order valence-electron chi connectivity index (χ0n) is 33.0. The van der Waals surface area contributed by atoms with Crippen molar-refractivity contribution in [3.63, 3.8) is 0 Å². The highest BCUT2D eigenvalue weighted by molar-refractivity contribution is 6.31. The summed E-state index contributed by atoms with van der Waals surface area (Å²) >= 11 is 6.25. The Balaban J connectivity index is 0.776. The van der Waals surface area contributed by atoms with Gasteiger partial charge >= 0.3 is 0 Å². The maximum absolute atomic E-state index is 13.5. The predicted octanol–water partition coefficient (Wildman–Crippen LogP) is 5.20. The van der Waals surface area contributed by atoms with Crippen LogP contribution in [0.15, 0.2) is 60.7 Å². The quantitative estimate of drug-likeness (QED) is 0.261. The van der Waals surface area contributed by atoms with Gasteiger partial charge in [-0.1, -0.05) is 39.3 Å². The van der Waals surface area contributed by atoms with Gasteiger partial charge in [-0.3, -0.25) is 39.1 Å². The first-order valence-electron chi connectivity index (χ1n) is 19.9. The number of imide groups is 2. The molecule has 5 aliphatic rings. The lowest BCUT2D eigenvalue weighted by Crippen LogP contribution is -2.74. The number of carbonyl (C=O) groups is 5. The number of piperidine rings is 1. The number of piperazine rings is 1. The highest BCUT2D eigenvalue weighted by Gasteiger charge is 2.64. The fourth-order valence-corrected chi connectivity index (χ4v) is 10.1. The smallest absolute Gasteiger partial charge is 0.262 e. The number of hydrogen-bond acceptors (Lipinski definition) is 10. The highest BCUT2D eigenvalue weighted by atomic mass is 35.5. The van der Waals surface area contributed by atoms with Crippen LogP contribution in [-0.2, 0) is 9.59 Å². The standard InChI is InChI=1S/C44H47ClN6O7/c1-43(2)41(44(3,4)42(43)58-31-10-7-27(23-46)34(45)22-31)48-37(53)26-5-8-28(9-6-26)49-15-17-50(18-16-49)29-19-25(20-29)24-57-30-11-12-32-33(21-30)40(56)51(39(32)55)35-13-14-36(52)47-38(35)54/h5-12,21-22,25,29,35,41-42H,13-20,24H2,1-4H3,(H,48,53)(H,47,52,54). The maximum atomic E-state index is 13.5. The summed E-state index contributed by atoms with van der Waals surface area (Å²) in [6.07, 6.45) is 2.03. The molecular weight excluding hydrogens is 760 g/mol. The lowest BCUT2D eigenvalue weighted by atomic mass is 9.49. The number of nitrogens with one attached hydrogen (secondary N) is 2. The molecule has 3 aliphatic heterocycles. The second-order valence-electron chi connectivity index (χ2n) is 17.3. The van der Waals surface area contributed by atoms with Gasteiger partial charge in [-0.15, -0.1) is 0 Å². The van der Waals surface area contributed by atoms with Crippen molar-refractivity contribution in [1.82, 2.24) is 20.4 Å². The van der Waals surface area contributed by atoms with Gasteiger partial charge in [0, 0.05) is 72.8 Å². The van der Waals surface area contributed by atoms with Crippen LogP contribution in [0.1, 0.15) is 90.0 Å². The minimum Gasteiger partial charge on any atom is -0.493 e. The number of benzene rings is 3. The number of nitrogens with zero attached hydrogens (tertiary/aromatic N) is 4. The number of fused-ring (bicyclic) bond motifs is 1. The molecule has 1 unspecified atom stereocenters. The zero-order valence-corrected chi connectivity index (χ0v) is 33.8. The second kappa shape index (κ2) is 15.1. The highest BCUT2D eigenvalue weighted by Crippen LogP contribution is 2.55. The molecule has 3 aromatic carbocycles. The van der Waals surface area contributed by atoms with Gasteiger partial charge in [-0.2, -0.15) is 5.26 Å². The van der Waals surface area contributed by atoms with E-state index in [-0.39, 0.29) is 52.9 Å². The maximum Gasteiger partial charge on any atom is 0.262 e. The van der Waals surface area contributed by atoms with E-state index in [1.54, 1.807) is 36.4 Å². The molecule has 2 saturated heterocycles. The molecule has 58 heavy (non-hydrogen) atoms. The number of anilines is 1. The van der Waals surface area contributed by atoms with Crippen molar-refractivity contribution in [3.05, 3.63) is 87.9 Å². The van der Waals surface area contributed by atoms with E-state index in [9.17, 15) is 29.2 Å². The number of carbonyl (C=O) groups excluding carboxylic acids is 5. The molecule has 4 fully saturated rings. The van der Waals surface area contributed by atoms with Crippen LogP contribution in [0, 0.1) is 28.1 Å². The van der Waals surface area contributed by atoms with E-state index in [0.717, 1.165) is 49.6 Å². The van der Waals surface area contributed by atoms with Gasteiger partial charge in [-0.25, -0.2) is 0 Å². The third-order valence-corrected chi connectivity index (χ3v) is 13.2. The molecule has 14 heteroatoms. The molecule has 13 nitrogen and oxygen atoms in total. The fourth-order valence-electron chi connectivity index (χ4n) is 9.87. The Hall–Kier alpha value is -5.45. The van der Waals surface area contributed by atoms with Crippen molar-refractivity contribution in [2.75, 3.05) is 37.7 Å². The van der Waals surface area contributed by atoms with Gasteiger partial charge in [0.15, 0.2) is 0 Å². The third kappa shape index (κ3) is 7.06. The average Bonchev–Trinajstić information content (AvgIpc) is 3.43. The summed E-state index contributed by atoms with van der Waals surface area (Å²) < 4.78 is 12.5. The Kier molecular flexibility index (Phi) is 10.2. The SMILES string of the molecule is CC1(C)C(NC(=O)c2ccc(N3CCN(C4CC(COc5ccc6c(c5)C(=O)N(C5CCC(=O)NC5=O)C6=O)C4)CC3)cc2)C(C)(C)C1Oc1ccc(C#N)c(Cl)c1. The molecule has 2 N–H and O–H groups in total. The Labute approximate surface area is 342 Å². The minimum absolute atomic E-state index is 0.0741. The van der Waals surface area contributed by atoms with Gasteiger partial charge in [0.1, 0.15) is 29.7 Å². The van der Waals surface area contributed by atoms with Crippen LogP contribution in [0.2, 0.25) is 5.02 Å². The van der Waals surface area contributed by atoms with Crippen LogP contribution in [0.3, 0.4) is 0 Å². The lowest BCUT2D eigenvalue weighted by molar-refractivity contribution is -0.164. The summed E-state index contributed by atoms with van der Waals surface area (Å²) in [5.74, 6) is -0.761. The summed E-state index contributed by atoms with van der Waals surface area (Å²) in [7, 11) is 0. The van der Waals surface area contributed by atoms with Crippen molar-refractivity contribution in [3.8, 4) is 17.6 Å². The van der Waals surface area contributed by atoms with Gasteiger partial charge in [0.05, 0.1) is 28.3 Å². The van der Waals surface area contributed by atoms with E-state index < -0.39 is 29.7 Å². The fraction of sp³-hybridized carbons (Fsp3) is 0.455. The van der Waals surface area contributed by atoms with Crippen molar-refractivity contribution in [2.24, 2.45) is 16.7 Å². The van der Waals surface area contributed by atoms with Crippen LogP contribution in [0.5, 0.6) is 11.5 Å². The molecule has 302 valence electrons. The summed E-state index contributed by atoms with van der Waals surface area (Å²) in [5, 5.41) is 15.0. The summed E-state index contributed by atoms with van der Waals surface area (Å²) in [4.78, 5) is 69.4. The van der Waals surface area contributed by atoms with Gasteiger partial charge in [0.25, 0.3) is 17.7 Å². The average molecular weight is 807 g/mol. The van der Waals surface area contributed by atoms with Gasteiger partial charge in [0.2, 0.25) is 11.8 Å². The summed E-state index contributed by atoms with van der Waals surface area (Å²) in [5.41, 5.74) is 1.82. The number of ether oxygens (including phenoxy) is 2. The van der Waals surface area contributed by atoms with E-state index in [2.05, 4.69) is 54.2 Å². The minimum atomic E-state index is -0.999. The lowest BCUT2D eigenvalue weighted by Gasteiger charge is -2.63. The third-order valence-electron chi connectivity index (χ3n) is 12.9. The normalized spacial score (nSPS) is 26.2. The Morgan fingerprint density at radius 1 is 0.897 bits per heavy atom. The molecule has 1 atom stereocenters. The largest absolute Gasteiger partial charge is 0.493 e. The van der Waals surface area contributed by atoms with E-state index in [1.165, 1.54) is 0 Å². The first kappa shape index (κ1) is 39.4. The molecule has 0 radical (unpaired) electrons. The number of rotatable bonds is 10. The van der Waals surface area contributed by atoms with Crippen molar-refractivity contribution >= 4 is 46.8 Å². The molecule has 2 aliphatic carbocycles. The Bertz CT molecular complexity index is 2210. The van der Waals surface area contributed by atoms with Crippen molar-refractivity contribution in [2.45, 2.75) is 77.6 Å². The molecule has 0 bridgehead atoms. The molecule has 3 aromatic rings. The molecular formula is C44H47ClN6O7. The molecule has 8 rings (SSSR count). The monoisotopic (exact) mass is 806 g/mol. The summed E-state index contributed by atoms with van der Waals surface area (Å²) in [6.45, 7) is 12.5. The number of hydrogen-bond donors (Lipinski definition) is 2. The predicted molar refractivity (Wildman–Crippen MR) is 215 cm³/mol. The van der Waals surface area contributed by atoms with Crippen LogP contribution in [-0.4, -0.2) is 96.4 Å². The first-order valence-corrected chi connectivity index (χ1v) is 20.3. The van der Waals surface area contributed by atoms with Crippen LogP contribution >= 0.6 is 11.6 Å². The van der Waals surface area contributed by atoms with Crippen LogP contribution in [0.4, 0.5) is 5.69 Å². The Morgan fingerprint density at radius 2 is 1.57 bits per heavy atom. The summed E-state index contributed by atoms with van der Waals surface area (Å²) in [6, 6.07) is 19.2. The van der Waals surface area contributed by atoms with E-state index >= 15 is 0 Å². The topological polar surface area (TPSA) is 161 Å².